The molecule has 0 spiro atoms. The van der Waals surface area contributed by atoms with Crippen molar-refractivity contribution in [3.63, 3.8) is 0 Å². The summed E-state index contributed by atoms with van der Waals surface area (Å²) in [5.74, 6) is 0.800. The average molecular weight is 399 g/mol. The molecule has 0 heterocycles. The summed E-state index contributed by atoms with van der Waals surface area (Å²) >= 11 is 0. The lowest BCUT2D eigenvalue weighted by Gasteiger charge is -2.16. The molecule has 0 radical (unpaired) electrons. The maximum atomic E-state index is 9.77. The SMILES string of the molecule is CC(=CCCCCC(C)(C)O)c1cccc(OCc2ccc(CO)c(CO)c2)c1. The normalized spacial score (nSPS) is 12.3. The van der Waals surface area contributed by atoms with Crippen LogP contribution in [0.3, 0.4) is 0 Å². The highest BCUT2D eigenvalue weighted by Crippen LogP contribution is 2.23. The van der Waals surface area contributed by atoms with Gasteiger partial charge in [0, 0.05) is 0 Å². The van der Waals surface area contributed by atoms with Gasteiger partial charge >= 0.3 is 0 Å². The Balaban J connectivity index is 1.92. The standard InChI is InChI=1S/C25H34O4/c1-19(8-5-4-6-13-25(2,3)28)21-9-7-10-24(15-21)29-18-20-11-12-22(16-26)23(14-20)17-27/h7-12,14-15,26-28H,4-6,13,16-18H2,1-3H3. The van der Waals surface area contributed by atoms with Crippen LogP contribution < -0.4 is 4.74 Å². The summed E-state index contributed by atoms with van der Waals surface area (Å²) in [6, 6.07) is 13.7. The van der Waals surface area contributed by atoms with Crippen LogP contribution in [0.5, 0.6) is 5.75 Å². The number of unbranched alkanes of at least 4 members (excludes halogenated alkanes) is 2. The molecule has 0 aliphatic carbocycles. The highest BCUT2D eigenvalue weighted by atomic mass is 16.5. The van der Waals surface area contributed by atoms with Crippen LogP contribution in [0.4, 0.5) is 0 Å². The van der Waals surface area contributed by atoms with Crippen LogP contribution in [0.2, 0.25) is 0 Å². The van der Waals surface area contributed by atoms with Crippen LogP contribution in [0.1, 0.15) is 68.7 Å². The molecular weight excluding hydrogens is 364 g/mol. The van der Waals surface area contributed by atoms with E-state index in [9.17, 15) is 15.3 Å². The van der Waals surface area contributed by atoms with E-state index in [2.05, 4.69) is 19.1 Å². The Labute approximate surface area is 174 Å². The molecule has 29 heavy (non-hydrogen) atoms. The topological polar surface area (TPSA) is 69.9 Å². The largest absolute Gasteiger partial charge is 0.489 e. The van der Waals surface area contributed by atoms with E-state index in [1.807, 2.05) is 50.2 Å². The van der Waals surface area contributed by atoms with Crippen molar-refractivity contribution in [3.8, 4) is 5.75 Å². The predicted octanol–water partition coefficient (Wildman–Crippen LogP) is 4.98. The van der Waals surface area contributed by atoms with Crippen LogP contribution >= 0.6 is 0 Å². The molecule has 2 aromatic carbocycles. The average Bonchev–Trinajstić information content (AvgIpc) is 2.71. The number of hydrogen-bond acceptors (Lipinski definition) is 4. The lowest BCUT2D eigenvalue weighted by Crippen LogP contribution is -2.17. The van der Waals surface area contributed by atoms with E-state index in [1.54, 1.807) is 0 Å². The lowest BCUT2D eigenvalue weighted by molar-refractivity contribution is 0.0683. The van der Waals surface area contributed by atoms with Gasteiger partial charge in [-0.05, 0) is 86.1 Å². The van der Waals surface area contributed by atoms with Gasteiger partial charge in [-0.1, -0.05) is 36.8 Å². The minimum Gasteiger partial charge on any atom is -0.489 e. The first-order valence-corrected chi connectivity index (χ1v) is 10.3. The second kappa shape index (κ2) is 11.1. The zero-order valence-electron chi connectivity index (χ0n) is 17.8. The van der Waals surface area contributed by atoms with Gasteiger partial charge in [0.25, 0.3) is 0 Å². The van der Waals surface area contributed by atoms with Crippen LogP contribution in [-0.2, 0) is 19.8 Å². The lowest BCUT2D eigenvalue weighted by atomic mass is 9.99. The van der Waals surface area contributed by atoms with Gasteiger partial charge < -0.3 is 20.1 Å². The smallest absolute Gasteiger partial charge is 0.120 e. The molecule has 0 bridgehead atoms. The molecule has 0 saturated carbocycles. The summed E-state index contributed by atoms with van der Waals surface area (Å²) in [4.78, 5) is 0. The first kappa shape index (κ1) is 23.1. The number of benzene rings is 2. The molecule has 3 N–H and O–H groups in total. The molecule has 0 amide bonds. The van der Waals surface area contributed by atoms with Crippen molar-refractivity contribution in [2.45, 2.75) is 71.9 Å². The summed E-state index contributed by atoms with van der Waals surface area (Å²) in [6.45, 7) is 6.04. The molecule has 2 rings (SSSR count). The van der Waals surface area contributed by atoms with Crippen LogP contribution in [0.15, 0.2) is 48.5 Å². The first-order valence-electron chi connectivity index (χ1n) is 10.3. The highest BCUT2D eigenvalue weighted by molar-refractivity contribution is 5.64. The molecule has 0 atom stereocenters. The molecule has 0 saturated heterocycles. The zero-order chi connectivity index (χ0) is 21.3. The summed E-state index contributed by atoms with van der Waals surface area (Å²) in [7, 11) is 0. The van der Waals surface area contributed by atoms with Crippen LogP contribution in [0, 0.1) is 0 Å². The van der Waals surface area contributed by atoms with Gasteiger partial charge in [-0.3, -0.25) is 0 Å². The second-order valence-electron chi connectivity index (χ2n) is 8.18. The van der Waals surface area contributed by atoms with Crippen LogP contribution in [0.25, 0.3) is 5.57 Å². The van der Waals surface area contributed by atoms with Crippen molar-refractivity contribution in [1.82, 2.24) is 0 Å². The van der Waals surface area contributed by atoms with E-state index in [0.717, 1.165) is 53.7 Å². The number of allylic oxidation sites excluding steroid dienone is 2. The Morgan fingerprint density at radius 3 is 2.45 bits per heavy atom. The van der Waals surface area contributed by atoms with E-state index in [4.69, 9.17) is 4.74 Å². The maximum absolute atomic E-state index is 9.77. The highest BCUT2D eigenvalue weighted by Gasteiger charge is 2.10. The molecule has 0 aliphatic heterocycles. The number of hydrogen-bond donors (Lipinski definition) is 3. The Kier molecular flexibility index (Phi) is 8.90. The summed E-state index contributed by atoms with van der Waals surface area (Å²) in [6.07, 6.45) is 6.13. The van der Waals surface area contributed by atoms with Gasteiger partial charge in [-0.15, -0.1) is 0 Å². The Morgan fingerprint density at radius 1 is 1.00 bits per heavy atom. The number of rotatable bonds is 11. The van der Waals surface area contributed by atoms with E-state index in [1.165, 1.54) is 5.57 Å². The van der Waals surface area contributed by atoms with Crippen molar-refractivity contribution < 1.29 is 20.1 Å². The van der Waals surface area contributed by atoms with E-state index >= 15 is 0 Å². The van der Waals surface area contributed by atoms with Crippen molar-refractivity contribution in [3.05, 3.63) is 70.8 Å². The Morgan fingerprint density at radius 2 is 1.76 bits per heavy atom. The van der Waals surface area contributed by atoms with E-state index in [0.29, 0.717) is 6.61 Å². The van der Waals surface area contributed by atoms with Crippen molar-refractivity contribution in [2.75, 3.05) is 0 Å². The minimum absolute atomic E-state index is 0.0809. The van der Waals surface area contributed by atoms with Gasteiger partial charge in [0.2, 0.25) is 0 Å². The fourth-order valence-electron chi connectivity index (χ4n) is 3.21. The molecule has 0 aromatic heterocycles. The molecule has 4 nitrogen and oxygen atoms in total. The molecule has 0 fully saturated rings. The molecule has 0 aliphatic rings. The Hall–Kier alpha value is -2.14. The third-order valence-corrected chi connectivity index (χ3v) is 5.00. The fourth-order valence-corrected chi connectivity index (χ4v) is 3.21. The van der Waals surface area contributed by atoms with Gasteiger partial charge in [0.1, 0.15) is 12.4 Å². The number of ether oxygens (including phenoxy) is 1. The van der Waals surface area contributed by atoms with Crippen molar-refractivity contribution in [2.24, 2.45) is 0 Å². The summed E-state index contributed by atoms with van der Waals surface area (Å²) in [5, 5.41) is 28.5. The molecule has 158 valence electrons. The van der Waals surface area contributed by atoms with Crippen molar-refractivity contribution >= 4 is 5.57 Å². The summed E-state index contributed by atoms with van der Waals surface area (Å²) < 4.78 is 5.94. The monoisotopic (exact) mass is 398 g/mol. The Bertz CT molecular complexity index is 803. The van der Waals surface area contributed by atoms with E-state index < -0.39 is 5.60 Å². The second-order valence-corrected chi connectivity index (χ2v) is 8.18. The summed E-state index contributed by atoms with van der Waals surface area (Å²) in [5.41, 5.74) is 4.19. The predicted molar refractivity (Wildman–Crippen MR) is 117 cm³/mol. The third-order valence-electron chi connectivity index (χ3n) is 5.00. The third kappa shape index (κ3) is 8.01. The van der Waals surface area contributed by atoms with Gasteiger partial charge in [0.05, 0.1) is 18.8 Å². The first-order chi connectivity index (χ1) is 13.8. The van der Waals surface area contributed by atoms with Crippen LogP contribution in [-0.4, -0.2) is 20.9 Å². The zero-order valence-corrected chi connectivity index (χ0v) is 17.8. The van der Waals surface area contributed by atoms with Gasteiger partial charge in [0.15, 0.2) is 0 Å². The molecular formula is C25H34O4. The van der Waals surface area contributed by atoms with Gasteiger partial charge in [-0.25, -0.2) is 0 Å². The number of aliphatic hydroxyl groups is 3. The van der Waals surface area contributed by atoms with Crippen molar-refractivity contribution in [1.29, 1.82) is 0 Å². The molecule has 2 aromatic rings. The molecule has 0 unspecified atom stereocenters. The van der Waals surface area contributed by atoms with Gasteiger partial charge in [-0.2, -0.15) is 0 Å². The maximum Gasteiger partial charge on any atom is 0.120 e. The fraction of sp³-hybridized carbons (Fsp3) is 0.440. The number of aliphatic hydroxyl groups excluding tert-OH is 2. The molecule has 4 heteroatoms. The minimum atomic E-state index is -0.583. The van der Waals surface area contributed by atoms with E-state index in [-0.39, 0.29) is 13.2 Å². The quantitative estimate of drug-likeness (QED) is 0.467.